The number of carbonyl (C=O) groups excluding carboxylic acids is 1. The molecule has 0 saturated heterocycles. The van der Waals surface area contributed by atoms with Crippen molar-refractivity contribution < 1.29 is 4.79 Å². The number of aromatic nitrogens is 4. The number of imidazole rings is 1. The molecule has 1 atom stereocenters. The fraction of sp³-hybridized carbons (Fsp3) is 0.588. The van der Waals surface area contributed by atoms with Gasteiger partial charge in [-0.25, -0.2) is 4.98 Å². The van der Waals surface area contributed by atoms with Gasteiger partial charge in [-0.3, -0.25) is 9.89 Å². The molecule has 6 nitrogen and oxygen atoms in total. The van der Waals surface area contributed by atoms with Crippen LogP contribution in [0.2, 0.25) is 0 Å². The first-order valence-electron chi connectivity index (χ1n) is 8.05. The fourth-order valence-corrected chi connectivity index (χ4v) is 2.39. The molecule has 2 heterocycles. The molecule has 2 aromatic heterocycles. The molecule has 0 fully saturated rings. The zero-order valence-electron chi connectivity index (χ0n) is 14.8. The summed E-state index contributed by atoms with van der Waals surface area (Å²) in [4.78, 5) is 16.7. The smallest absolute Gasteiger partial charge is 0.243 e. The van der Waals surface area contributed by atoms with Crippen molar-refractivity contribution in [2.75, 3.05) is 0 Å². The van der Waals surface area contributed by atoms with Crippen molar-refractivity contribution in [1.82, 2.24) is 25.1 Å². The largest absolute Gasteiger partial charge is 0.349 e. The van der Waals surface area contributed by atoms with Gasteiger partial charge >= 0.3 is 0 Å². The van der Waals surface area contributed by atoms with Gasteiger partial charge in [-0.1, -0.05) is 34.6 Å². The van der Waals surface area contributed by atoms with Crippen molar-refractivity contribution in [2.24, 2.45) is 0 Å². The van der Waals surface area contributed by atoms with Crippen LogP contribution in [0.25, 0.3) is 0 Å². The maximum Gasteiger partial charge on any atom is 0.243 e. The first-order chi connectivity index (χ1) is 10.7. The van der Waals surface area contributed by atoms with Crippen molar-refractivity contribution >= 4 is 5.91 Å². The molecule has 2 aromatic rings. The van der Waals surface area contributed by atoms with Crippen LogP contribution in [-0.2, 0) is 16.8 Å². The number of aromatic amines is 1. The number of H-pyrrole nitrogens is 1. The Balaban J connectivity index is 1.99. The van der Waals surface area contributed by atoms with Crippen LogP contribution >= 0.6 is 0 Å². The van der Waals surface area contributed by atoms with Crippen molar-refractivity contribution in [2.45, 2.75) is 65.5 Å². The number of hydrogen-bond acceptors (Lipinski definition) is 3. The van der Waals surface area contributed by atoms with Gasteiger partial charge in [0.05, 0.1) is 17.9 Å². The number of nitrogens with one attached hydrogen (secondary N) is 2. The van der Waals surface area contributed by atoms with E-state index in [1.165, 1.54) is 0 Å². The summed E-state index contributed by atoms with van der Waals surface area (Å²) in [5.74, 6) is 1.17. The maximum absolute atomic E-state index is 12.4. The van der Waals surface area contributed by atoms with Crippen molar-refractivity contribution in [3.05, 3.63) is 35.7 Å². The predicted molar refractivity (Wildman–Crippen MR) is 90.2 cm³/mol. The van der Waals surface area contributed by atoms with Gasteiger partial charge in [-0.05, 0) is 13.0 Å². The lowest BCUT2D eigenvalue weighted by atomic mass is 9.92. The van der Waals surface area contributed by atoms with E-state index < -0.39 is 0 Å². The molecule has 0 aliphatic rings. The van der Waals surface area contributed by atoms with E-state index in [9.17, 15) is 4.79 Å². The molecule has 0 saturated carbocycles. The molecular weight excluding hydrogens is 290 g/mol. The summed E-state index contributed by atoms with van der Waals surface area (Å²) in [6, 6.07) is 1.71. The molecule has 6 heteroatoms. The maximum atomic E-state index is 12.4. The second kappa shape index (κ2) is 6.56. The predicted octanol–water partition coefficient (Wildman–Crippen LogP) is 2.90. The van der Waals surface area contributed by atoms with Crippen LogP contribution in [0, 0.1) is 0 Å². The summed E-state index contributed by atoms with van der Waals surface area (Å²) >= 11 is 0. The molecule has 0 radical (unpaired) electrons. The molecule has 2 N–H and O–H groups in total. The van der Waals surface area contributed by atoms with Crippen LogP contribution < -0.4 is 5.32 Å². The summed E-state index contributed by atoms with van der Waals surface area (Å²) in [5.41, 5.74) is 1.89. The average Bonchev–Trinajstić information content (AvgIpc) is 3.11. The van der Waals surface area contributed by atoms with Gasteiger partial charge in [-0.15, -0.1) is 0 Å². The molecule has 0 bridgehead atoms. The molecule has 0 aromatic carbocycles. The summed E-state index contributed by atoms with van der Waals surface area (Å²) in [6.45, 7) is 12.8. The lowest BCUT2D eigenvalue weighted by Gasteiger charge is -2.17. The summed E-state index contributed by atoms with van der Waals surface area (Å²) in [6.07, 6.45) is 3.59. The molecule has 0 spiro atoms. The number of nitrogens with zero attached hydrogens (tertiary/aromatic N) is 3. The standard InChI is InChI=1S/C17H27N5O/c1-11(2)15-18-7-8-22(15)12(3)16(23)19-10-13-9-14(21-20-13)17(4,5)6/h7-9,11-12H,10H2,1-6H3,(H,19,23)(H,20,21)/t12-/m0/s1. The van der Waals surface area contributed by atoms with Crippen LogP contribution in [0.15, 0.2) is 18.5 Å². The molecule has 23 heavy (non-hydrogen) atoms. The minimum atomic E-state index is -0.292. The highest BCUT2D eigenvalue weighted by atomic mass is 16.2. The van der Waals surface area contributed by atoms with E-state index in [-0.39, 0.29) is 23.3 Å². The van der Waals surface area contributed by atoms with Crippen LogP contribution in [0.3, 0.4) is 0 Å². The van der Waals surface area contributed by atoms with Crippen LogP contribution in [0.1, 0.15) is 70.7 Å². The van der Waals surface area contributed by atoms with Gasteiger partial charge in [0, 0.05) is 23.7 Å². The van der Waals surface area contributed by atoms with Gasteiger partial charge in [0.15, 0.2) is 0 Å². The van der Waals surface area contributed by atoms with Gasteiger partial charge in [0.25, 0.3) is 0 Å². The van der Waals surface area contributed by atoms with Gasteiger partial charge in [0.1, 0.15) is 11.9 Å². The third kappa shape index (κ3) is 4.00. The summed E-state index contributed by atoms with van der Waals surface area (Å²) in [5, 5.41) is 10.3. The van der Waals surface area contributed by atoms with Crippen LogP contribution in [-0.4, -0.2) is 25.7 Å². The molecule has 0 unspecified atom stereocenters. The summed E-state index contributed by atoms with van der Waals surface area (Å²) in [7, 11) is 0. The number of carbonyl (C=O) groups is 1. The first kappa shape index (κ1) is 17.2. The Hall–Kier alpha value is -2.11. The molecule has 2 rings (SSSR count). The monoisotopic (exact) mass is 317 g/mol. The Kier molecular flexibility index (Phi) is 4.92. The van der Waals surface area contributed by atoms with Gasteiger partial charge in [-0.2, -0.15) is 5.10 Å². The van der Waals surface area contributed by atoms with Crippen LogP contribution in [0.5, 0.6) is 0 Å². The van der Waals surface area contributed by atoms with E-state index in [1.807, 2.05) is 23.8 Å². The first-order valence-corrected chi connectivity index (χ1v) is 8.05. The Bertz CT molecular complexity index is 663. The van der Waals surface area contributed by atoms with Crippen LogP contribution in [0.4, 0.5) is 0 Å². The minimum absolute atomic E-state index is 0.00493. The molecule has 1 amide bonds. The zero-order chi connectivity index (χ0) is 17.2. The van der Waals surface area contributed by atoms with E-state index in [0.717, 1.165) is 17.2 Å². The highest BCUT2D eigenvalue weighted by Crippen LogP contribution is 2.20. The van der Waals surface area contributed by atoms with Gasteiger partial charge < -0.3 is 9.88 Å². The normalized spacial score (nSPS) is 13.3. The van der Waals surface area contributed by atoms with Crippen molar-refractivity contribution in [3.8, 4) is 0 Å². The van der Waals surface area contributed by atoms with E-state index in [2.05, 4.69) is 55.1 Å². The highest BCUT2D eigenvalue weighted by molar-refractivity contribution is 5.79. The third-order valence-electron chi connectivity index (χ3n) is 3.86. The minimum Gasteiger partial charge on any atom is -0.349 e. The molecular formula is C17H27N5O. The van der Waals surface area contributed by atoms with E-state index >= 15 is 0 Å². The van der Waals surface area contributed by atoms with Crippen molar-refractivity contribution in [3.63, 3.8) is 0 Å². The number of amides is 1. The Labute approximate surface area is 137 Å². The molecule has 0 aliphatic heterocycles. The summed E-state index contributed by atoms with van der Waals surface area (Å²) < 4.78 is 1.92. The zero-order valence-corrected chi connectivity index (χ0v) is 14.8. The second-order valence-corrected chi connectivity index (χ2v) is 7.27. The Morgan fingerprint density at radius 1 is 1.35 bits per heavy atom. The molecule has 126 valence electrons. The SMILES string of the molecule is CC(C)c1nccn1[C@@H](C)C(=O)NCc1cc(C(C)(C)C)n[nH]1. The lowest BCUT2D eigenvalue weighted by molar-refractivity contribution is -0.124. The fourth-order valence-electron chi connectivity index (χ4n) is 2.39. The van der Waals surface area contributed by atoms with E-state index in [1.54, 1.807) is 6.20 Å². The quantitative estimate of drug-likeness (QED) is 0.890. The topological polar surface area (TPSA) is 75.6 Å². The van der Waals surface area contributed by atoms with Gasteiger partial charge in [0.2, 0.25) is 5.91 Å². The second-order valence-electron chi connectivity index (χ2n) is 7.27. The number of rotatable bonds is 5. The average molecular weight is 317 g/mol. The highest BCUT2D eigenvalue weighted by Gasteiger charge is 2.20. The third-order valence-corrected chi connectivity index (χ3v) is 3.86. The lowest BCUT2D eigenvalue weighted by Crippen LogP contribution is -2.31. The molecule has 0 aliphatic carbocycles. The Morgan fingerprint density at radius 2 is 2.04 bits per heavy atom. The van der Waals surface area contributed by atoms with Crippen molar-refractivity contribution in [1.29, 1.82) is 0 Å². The number of hydrogen-bond donors (Lipinski definition) is 2. The Morgan fingerprint density at radius 3 is 2.61 bits per heavy atom. The van der Waals surface area contributed by atoms with E-state index in [0.29, 0.717) is 6.54 Å². The van der Waals surface area contributed by atoms with E-state index in [4.69, 9.17) is 0 Å².